The number of rotatable bonds is 2. The third-order valence-electron chi connectivity index (χ3n) is 3.53. The minimum atomic E-state index is 0.194. The number of carbonyl (C=O) groups is 1. The summed E-state index contributed by atoms with van der Waals surface area (Å²) in [7, 11) is 0. The van der Waals surface area contributed by atoms with E-state index in [-0.39, 0.29) is 5.91 Å². The van der Waals surface area contributed by atoms with Crippen LogP contribution in [-0.4, -0.2) is 28.2 Å². The van der Waals surface area contributed by atoms with Crippen molar-refractivity contribution in [2.45, 2.75) is 43.3 Å². The van der Waals surface area contributed by atoms with Gasteiger partial charge >= 0.3 is 0 Å². The van der Waals surface area contributed by atoms with Crippen LogP contribution in [-0.2, 0) is 11.2 Å². The fourth-order valence-electron chi connectivity index (χ4n) is 2.72. The van der Waals surface area contributed by atoms with Crippen LogP contribution in [0.25, 0.3) is 0 Å². The van der Waals surface area contributed by atoms with Crippen molar-refractivity contribution in [1.29, 1.82) is 0 Å². The molecule has 5 heteroatoms. The lowest BCUT2D eigenvalue weighted by molar-refractivity contribution is -0.117. The molecule has 0 bridgehead atoms. The summed E-state index contributed by atoms with van der Waals surface area (Å²) in [6.07, 6.45) is 8.92. The molecule has 0 aromatic carbocycles. The van der Waals surface area contributed by atoms with Gasteiger partial charge in [0.05, 0.1) is 6.42 Å². The lowest BCUT2D eigenvalue weighted by atomic mass is 10.2. The predicted octanol–water partition coefficient (Wildman–Crippen LogP) is 2.03. The summed E-state index contributed by atoms with van der Waals surface area (Å²) in [5.41, 5.74) is 0.986. The van der Waals surface area contributed by atoms with Gasteiger partial charge in [0.15, 0.2) is 5.16 Å². The van der Waals surface area contributed by atoms with Gasteiger partial charge in [-0.25, -0.2) is 9.97 Å². The van der Waals surface area contributed by atoms with E-state index in [1.807, 2.05) is 11.2 Å². The van der Waals surface area contributed by atoms with Gasteiger partial charge in [0, 0.05) is 17.8 Å². The Bertz CT molecular complexity index is 457. The lowest BCUT2D eigenvalue weighted by Gasteiger charge is -2.23. The van der Waals surface area contributed by atoms with Gasteiger partial charge in [-0.3, -0.25) is 9.69 Å². The maximum absolute atomic E-state index is 12.1. The molecule has 1 aromatic heterocycles. The number of fused-ring (bicyclic) bond motifs is 1. The zero-order valence-corrected chi connectivity index (χ0v) is 10.7. The van der Waals surface area contributed by atoms with Gasteiger partial charge in [0.1, 0.15) is 5.82 Å². The van der Waals surface area contributed by atoms with Crippen molar-refractivity contribution in [2.24, 2.45) is 0 Å². The monoisotopic (exact) mass is 249 g/mol. The van der Waals surface area contributed by atoms with Crippen LogP contribution < -0.4 is 4.90 Å². The minimum Gasteiger partial charge on any atom is -0.293 e. The lowest BCUT2D eigenvalue weighted by Crippen LogP contribution is -2.36. The highest BCUT2D eigenvalue weighted by molar-refractivity contribution is 7.98. The molecule has 0 unspecified atom stereocenters. The van der Waals surface area contributed by atoms with E-state index in [0.29, 0.717) is 12.5 Å². The van der Waals surface area contributed by atoms with Crippen LogP contribution >= 0.6 is 11.8 Å². The van der Waals surface area contributed by atoms with Gasteiger partial charge in [-0.2, -0.15) is 0 Å². The smallest absolute Gasteiger partial charge is 0.233 e. The van der Waals surface area contributed by atoms with Gasteiger partial charge in [0.2, 0.25) is 5.91 Å². The van der Waals surface area contributed by atoms with E-state index >= 15 is 0 Å². The number of hydrogen-bond donors (Lipinski definition) is 0. The highest BCUT2D eigenvalue weighted by Gasteiger charge is 2.35. The Morgan fingerprint density at radius 3 is 2.88 bits per heavy atom. The first-order chi connectivity index (χ1) is 8.29. The molecule has 1 aliphatic heterocycles. The molecule has 2 aliphatic rings. The summed E-state index contributed by atoms with van der Waals surface area (Å²) in [6, 6.07) is 0.369. The van der Waals surface area contributed by atoms with Gasteiger partial charge in [0.25, 0.3) is 0 Å². The van der Waals surface area contributed by atoms with Gasteiger partial charge < -0.3 is 0 Å². The largest absolute Gasteiger partial charge is 0.293 e. The second kappa shape index (κ2) is 4.29. The van der Waals surface area contributed by atoms with Gasteiger partial charge in [-0.05, 0) is 19.1 Å². The maximum Gasteiger partial charge on any atom is 0.233 e. The van der Waals surface area contributed by atoms with Crippen LogP contribution in [0.5, 0.6) is 0 Å². The number of thioether (sulfide) groups is 1. The number of nitrogens with zero attached hydrogens (tertiary/aromatic N) is 3. The highest BCUT2D eigenvalue weighted by atomic mass is 32.2. The Morgan fingerprint density at radius 1 is 1.41 bits per heavy atom. The molecule has 90 valence electrons. The van der Waals surface area contributed by atoms with Crippen LogP contribution in [0.3, 0.4) is 0 Å². The summed E-state index contributed by atoms with van der Waals surface area (Å²) in [5, 5.41) is 0.751. The van der Waals surface area contributed by atoms with Crippen molar-refractivity contribution < 1.29 is 4.79 Å². The van der Waals surface area contributed by atoms with E-state index in [1.165, 1.54) is 24.6 Å². The van der Waals surface area contributed by atoms with E-state index in [0.717, 1.165) is 29.4 Å². The first-order valence-corrected chi connectivity index (χ1v) is 7.24. The van der Waals surface area contributed by atoms with Crippen LogP contribution in [0.15, 0.2) is 11.4 Å². The molecule has 0 saturated heterocycles. The van der Waals surface area contributed by atoms with Gasteiger partial charge in [-0.1, -0.05) is 24.6 Å². The van der Waals surface area contributed by atoms with E-state index in [9.17, 15) is 4.79 Å². The first-order valence-electron chi connectivity index (χ1n) is 6.01. The quantitative estimate of drug-likeness (QED) is 0.594. The van der Waals surface area contributed by atoms with Crippen molar-refractivity contribution in [3.63, 3.8) is 0 Å². The Balaban J connectivity index is 1.98. The molecule has 2 heterocycles. The summed E-state index contributed by atoms with van der Waals surface area (Å²) < 4.78 is 0. The van der Waals surface area contributed by atoms with Crippen molar-refractivity contribution in [2.75, 3.05) is 11.2 Å². The minimum absolute atomic E-state index is 0.194. The summed E-state index contributed by atoms with van der Waals surface area (Å²) in [4.78, 5) is 22.7. The second-order valence-corrected chi connectivity index (χ2v) is 5.36. The van der Waals surface area contributed by atoms with Gasteiger partial charge in [-0.15, -0.1) is 0 Å². The Morgan fingerprint density at radius 2 is 2.18 bits per heavy atom. The third-order valence-corrected chi connectivity index (χ3v) is 4.09. The molecular weight excluding hydrogens is 234 g/mol. The standard InChI is InChI=1S/C12H15N3OS/c1-17-12-13-7-8-6-10(16)15(11(8)14-12)9-4-2-3-5-9/h7,9H,2-6H2,1H3. The summed E-state index contributed by atoms with van der Waals surface area (Å²) >= 11 is 1.52. The molecule has 0 N–H and O–H groups in total. The normalized spacial score (nSPS) is 20.1. The number of aromatic nitrogens is 2. The van der Waals surface area contributed by atoms with Crippen LogP contribution in [0.1, 0.15) is 31.2 Å². The Hall–Kier alpha value is -1.10. The van der Waals surface area contributed by atoms with Crippen LogP contribution in [0.4, 0.5) is 5.82 Å². The molecule has 0 radical (unpaired) electrons. The fourth-order valence-corrected chi connectivity index (χ4v) is 3.05. The molecule has 3 rings (SSSR count). The summed E-state index contributed by atoms with van der Waals surface area (Å²) in [5.74, 6) is 1.06. The number of hydrogen-bond acceptors (Lipinski definition) is 4. The molecule has 1 aliphatic carbocycles. The third kappa shape index (κ3) is 1.82. The SMILES string of the molecule is CSc1ncc2c(n1)N(C1CCCC1)C(=O)C2. The Labute approximate surface area is 105 Å². The molecular formula is C12H15N3OS. The topological polar surface area (TPSA) is 46.1 Å². The van der Waals surface area contributed by atoms with Crippen LogP contribution in [0.2, 0.25) is 0 Å². The van der Waals surface area contributed by atoms with E-state index in [1.54, 1.807) is 6.20 Å². The average Bonchev–Trinajstić information content (AvgIpc) is 2.93. The summed E-state index contributed by atoms with van der Waals surface area (Å²) in [6.45, 7) is 0. The van der Waals surface area contributed by atoms with Crippen molar-refractivity contribution >= 4 is 23.5 Å². The van der Waals surface area contributed by atoms with Crippen molar-refractivity contribution in [1.82, 2.24) is 9.97 Å². The number of carbonyl (C=O) groups excluding carboxylic acids is 1. The maximum atomic E-state index is 12.1. The molecule has 1 aromatic rings. The number of anilines is 1. The zero-order valence-electron chi connectivity index (χ0n) is 9.85. The van der Waals surface area contributed by atoms with E-state index < -0.39 is 0 Å². The van der Waals surface area contributed by atoms with Crippen molar-refractivity contribution in [3.8, 4) is 0 Å². The molecule has 0 atom stereocenters. The molecule has 1 saturated carbocycles. The molecule has 1 fully saturated rings. The number of amides is 1. The fraction of sp³-hybridized carbons (Fsp3) is 0.583. The average molecular weight is 249 g/mol. The van der Waals surface area contributed by atoms with E-state index in [2.05, 4.69) is 9.97 Å². The van der Waals surface area contributed by atoms with Crippen LogP contribution in [0, 0.1) is 0 Å². The Kier molecular flexibility index (Phi) is 2.78. The molecule has 1 amide bonds. The molecule has 0 spiro atoms. The predicted molar refractivity (Wildman–Crippen MR) is 67.3 cm³/mol. The van der Waals surface area contributed by atoms with E-state index in [4.69, 9.17) is 0 Å². The molecule has 17 heavy (non-hydrogen) atoms. The first kappa shape index (κ1) is 11.0. The van der Waals surface area contributed by atoms with Crippen molar-refractivity contribution in [3.05, 3.63) is 11.8 Å². The highest BCUT2D eigenvalue weighted by Crippen LogP contribution is 2.34. The molecule has 4 nitrogen and oxygen atoms in total. The zero-order chi connectivity index (χ0) is 11.8. The second-order valence-electron chi connectivity index (χ2n) is 4.58.